The number of pyridine rings is 1. The summed E-state index contributed by atoms with van der Waals surface area (Å²) in [5.41, 5.74) is 3.66. The van der Waals surface area contributed by atoms with Crippen LogP contribution in [0, 0.1) is 13.8 Å². The predicted molar refractivity (Wildman–Crippen MR) is 109 cm³/mol. The molecular formula is C22H24N4O2. The number of likely N-dealkylation sites (tertiary alicyclic amines) is 1. The SMILES string of the molecule is Cc1cccc(C)c1NC(=O)c1nc(C(=O)N2CCCCC2)n2ccccc12. The summed E-state index contributed by atoms with van der Waals surface area (Å²) in [6.45, 7) is 5.40. The Labute approximate surface area is 164 Å². The number of benzene rings is 1. The molecule has 2 aromatic heterocycles. The number of carbonyl (C=O) groups is 2. The van der Waals surface area contributed by atoms with Gasteiger partial charge in [0.15, 0.2) is 5.69 Å². The lowest BCUT2D eigenvalue weighted by molar-refractivity contribution is 0.0711. The topological polar surface area (TPSA) is 66.7 Å². The van der Waals surface area contributed by atoms with E-state index in [1.165, 1.54) is 0 Å². The van der Waals surface area contributed by atoms with Crippen LogP contribution in [-0.4, -0.2) is 39.2 Å². The number of aryl methyl sites for hydroxylation is 2. The Morgan fingerprint density at radius 3 is 2.39 bits per heavy atom. The third-order valence-electron chi connectivity index (χ3n) is 5.32. The van der Waals surface area contributed by atoms with Crippen molar-refractivity contribution in [1.82, 2.24) is 14.3 Å². The molecule has 3 heterocycles. The molecule has 1 aromatic carbocycles. The van der Waals surface area contributed by atoms with Gasteiger partial charge in [-0.15, -0.1) is 0 Å². The standard InChI is InChI=1S/C22H24N4O2/c1-15-9-8-10-16(2)18(15)24-21(27)19-17-11-4-7-14-26(17)20(23-19)22(28)25-12-5-3-6-13-25/h4,7-11,14H,3,5-6,12-13H2,1-2H3,(H,24,27). The van der Waals surface area contributed by atoms with Gasteiger partial charge in [-0.1, -0.05) is 24.3 Å². The van der Waals surface area contributed by atoms with Crippen LogP contribution in [0.4, 0.5) is 5.69 Å². The van der Waals surface area contributed by atoms with Crippen LogP contribution in [0.5, 0.6) is 0 Å². The number of anilines is 1. The maximum atomic E-state index is 13.0. The van der Waals surface area contributed by atoms with Crippen molar-refractivity contribution in [2.75, 3.05) is 18.4 Å². The van der Waals surface area contributed by atoms with Gasteiger partial charge in [0.1, 0.15) is 0 Å². The number of imidazole rings is 1. The zero-order chi connectivity index (χ0) is 19.7. The van der Waals surface area contributed by atoms with Gasteiger partial charge in [-0.3, -0.25) is 14.0 Å². The number of aromatic nitrogens is 2. The molecule has 1 aliphatic heterocycles. The summed E-state index contributed by atoms with van der Waals surface area (Å²) in [6, 6.07) is 11.4. The van der Waals surface area contributed by atoms with Gasteiger partial charge in [-0.25, -0.2) is 4.98 Å². The van der Waals surface area contributed by atoms with E-state index in [2.05, 4.69) is 10.3 Å². The first-order chi connectivity index (χ1) is 13.6. The number of nitrogens with one attached hydrogen (secondary N) is 1. The molecular weight excluding hydrogens is 352 g/mol. The average molecular weight is 376 g/mol. The van der Waals surface area contributed by atoms with Crippen LogP contribution in [-0.2, 0) is 0 Å². The molecule has 0 unspecified atom stereocenters. The lowest BCUT2D eigenvalue weighted by Crippen LogP contribution is -2.36. The van der Waals surface area contributed by atoms with E-state index in [1.807, 2.05) is 55.1 Å². The molecule has 6 heteroatoms. The second-order valence-electron chi connectivity index (χ2n) is 7.31. The van der Waals surface area contributed by atoms with Gasteiger partial charge in [0.05, 0.1) is 5.52 Å². The van der Waals surface area contributed by atoms with Crippen LogP contribution in [0.15, 0.2) is 42.6 Å². The van der Waals surface area contributed by atoms with Crippen molar-refractivity contribution in [3.05, 3.63) is 65.2 Å². The van der Waals surface area contributed by atoms with E-state index < -0.39 is 0 Å². The highest BCUT2D eigenvalue weighted by Crippen LogP contribution is 2.22. The molecule has 1 saturated heterocycles. The van der Waals surface area contributed by atoms with Crippen LogP contribution in [0.25, 0.3) is 5.52 Å². The number of carbonyl (C=O) groups excluding carboxylic acids is 2. The largest absolute Gasteiger partial charge is 0.336 e. The fourth-order valence-electron chi connectivity index (χ4n) is 3.78. The molecule has 144 valence electrons. The smallest absolute Gasteiger partial charge is 0.290 e. The van der Waals surface area contributed by atoms with Gasteiger partial charge in [-0.2, -0.15) is 0 Å². The molecule has 6 nitrogen and oxygen atoms in total. The van der Waals surface area contributed by atoms with E-state index in [9.17, 15) is 9.59 Å². The van der Waals surface area contributed by atoms with Crippen molar-refractivity contribution in [2.24, 2.45) is 0 Å². The summed E-state index contributed by atoms with van der Waals surface area (Å²) < 4.78 is 1.72. The van der Waals surface area contributed by atoms with E-state index in [1.54, 1.807) is 10.6 Å². The first-order valence-corrected chi connectivity index (χ1v) is 9.70. The van der Waals surface area contributed by atoms with Gasteiger partial charge in [-0.05, 0) is 56.4 Å². The van der Waals surface area contributed by atoms with Crippen molar-refractivity contribution in [3.63, 3.8) is 0 Å². The number of nitrogens with zero attached hydrogens (tertiary/aromatic N) is 3. The third kappa shape index (κ3) is 3.26. The minimum absolute atomic E-state index is 0.118. The fraction of sp³-hybridized carbons (Fsp3) is 0.318. The molecule has 0 spiro atoms. The number of para-hydroxylation sites is 1. The van der Waals surface area contributed by atoms with E-state index in [0.717, 1.165) is 49.2 Å². The highest BCUT2D eigenvalue weighted by atomic mass is 16.2. The Bertz CT molecular complexity index is 1030. The lowest BCUT2D eigenvalue weighted by Gasteiger charge is -2.25. The van der Waals surface area contributed by atoms with Crippen molar-refractivity contribution in [3.8, 4) is 0 Å². The Kier molecular flexibility index (Phi) is 4.86. The monoisotopic (exact) mass is 376 g/mol. The quantitative estimate of drug-likeness (QED) is 0.755. The molecule has 0 bridgehead atoms. The van der Waals surface area contributed by atoms with Crippen molar-refractivity contribution >= 4 is 23.0 Å². The van der Waals surface area contributed by atoms with Gasteiger partial charge in [0.2, 0.25) is 5.82 Å². The predicted octanol–water partition coefficient (Wildman–Crippen LogP) is 3.83. The summed E-state index contributed by atoms with van der Waals surface area (Å²) >= 11 is 0. The Balaban J connectivity index is 1.71. The second-order valence-corrected chi connectivity index (χ2v) is 7.31. The van der Waals surface area contributed by atoms with Crippen LogP contribution in [0.1, 0.15) is 51.5 Å². The number of hydrogen-bond acceptors (Lipinski definition) is 3. The summed E-state index contributed by atoms with van der Waals surface area (Å²) in [7, 11) is 0. The molecule has 1 fully saturated rings. The minimum Gasteiger partial charge on any atom is -0.336 e. The number of fused-ring (bicyclic) bond motifs is 1. The molecule has 1 N–H and O–H groups in total. The average Bonchev–Trinajstić information content (AvgIpc) is 3.11. The molecule has 0 radical (unpaired) electrons. The Morgan fingerprint density at radius 2 is 1.68 bits per heavy atom. The van der Waals surface area contributed by atoms with Crippen LogP contribution >= 0.6 is 0 Å². The molecule has 0 atom stereocenters. The van der Waals surface area contributed by atoms with Crippen molar-refractivity contribution in [2.45, 2.75) is 33.1 Å². The minimum atomic E-state index is -0.307. The second kappa shape index (κ2) is 7.46. The Hall–Kier alpha value is -3.15. The maximum Gasteiger partial charge on any atom is 0.290 e. The normalized spacial score (nSPS) is 14.3. The first-order valence-electron chi connectivity index (χ1n) is 9.70. The molecule has 2 amide bonds. The summed E-state index contributed by atoms with van der Waals surface area (Å²) in [4.78, 5) is 32.4. The van der Waals surface area contributed by atoms with Gasteiger partial charge >= 0.3 is 0 Å². The maximum absolute atomic E-state index is 13.0. The molecule has 0 saturated carbocycles. The zero-order valence-corrected chi connectivity index (χ0v) is 16.2. The van der Waals surface area contributed by atoms with Gasteiger partial charge < -0.3 is 10.2 Å². The molecule has 4 rings (SSSR count). The summed E-state index contributed by atoms with van der Waals surface area (Å²) in [5, 5.41) is 2.98. The highest BCUT2D eigenvalue weighted by Gasteiger charge is 2.26. The summed E-state index contributed by atoms with van der Waals surface area (Å²) in [6.07, 6.45) is 4.95. The first kappa shape index (κ1) is 18.2. The Morgan fingerprint density at radius 1 is 0.964 bits per heavy atom. The number of piperidine rings is 1. The van der Waals surface area contributed by atoms with Gasteiger partial charge in [0, 0.05) is 25.0 Å². The summed E-state index contributed by atoms with van der Waals surface area (Å²) in [5.74, 6) is -0.130. The van der Waals surface area contributed by atoms with Crippen molar-refractivity contribution in [1.29, 1.82) is 0 Å². The van der Waals surface area contributed by atoms with E-state index in [4.69, 9.17) is 0 Å². The molecule has 28 heavy (non-hydrogen) atoms. The molecule has 3 aromatic rings. The van der Waals surface area contributed by atoms with Crippen LogP contribution < -0.4 is 5.32 Å². The number of amides is 2. The lowest BCUT2D eigenvalue weighted by atomic mass is 10.1. The zero-order valence-electron chi connectivity index (χ0n) is 16.2. The van der Waals surface area contributed by atoms with E-state index in [0.29, 0.717) is 11.3 Å². The highest BCUT2D eigenvalue weighted by molar-refractivity contribution is 6.09. The molecule has 1 aliphatic rings. The van der Waals surface area contributed by atoms with Crippen LogP contribution in [0.2, 0.25) is 0 Å². The fourth-order valence-corrected chi connectivity index (χ4v) is 3.78. The van der Waals surface area contributed by atoms with Crippen molar-refractivity contribution < 1.29 is 9.59 Å². The number of hydrogen-bond donors (Lipinski definition) is 1. The van der Waals surface area contributed by atoms with Crippen LogP contribution in [0.3, 0.4) is 0 Å². The van der Waals surface area contributed by atoms with Gasteiger partial charge in [0.25, 0.3) is 11.8 Å². The third-order valence-corrected chi connectivity index (χ3v) is 5.32. The van der Waals surface area contributed by atoms with E-state index >= 15 is 0 Å². The van der Waals surface area contributed by atoms with E-state index in [-0.39, 0.29) is 17.5 Å². The number of rotatable bonds is 3. The molecule has 0 aliphatic carbocycles.